The zero-order valence-electron chi connectivity index (χ0n) is 7.45. The first-order valence-corrected chi connectivity index (χ1v) is 3.95. The highest BCUT2D eigenvalue weighted by atomic mass is 16.1. The Kier molecular flexibility index (Phi) is 3.87. The summed E-state index contributed by atoms with van der Waals surface area (Å²) in [6, 6.07) is 7.60. The van der Waals surface area contributed by atoms with Gasteiger partial charge in [-0.05, 0) is 18.2 Å². The van der Waals surface area contributed by atoms with E-state index in [4.69, 9.17) is 4.79 Å². The van der Waals surface area contributed by atoms with Gasteiger partial charge in [0.15, 0.2) is 5.82 Å². The van der Waals surface area contributed by atoms with Crippen molar-refractivity contribution in [2.45, 2.75) is 0 Å². The third-order valence-corrected chi connectivity index (χ3v) is 1.39. The molecule has 2 aromatic heterocycles. The molecule has 5 heteroatoms. The van der Waals surface area contributed by atoms with Gasteiger partial charge in [-0.1, -0.05) is 6.07 Å². The molecule has 0 radical (unpaired) electrons. The summed E-state index contributed by atoms with van der Waals surface area (Å²) in [6.45, 7) is 0. The summed E-state index contributed by atoms with van der Waals surface area (Å²) < 4.78 is 1.72. The van der Waals surface area contributed by atoms with Crippen LogP contribution in [0.4, 0.5) is 0 Å². The Morgan fingerprint density at radius 1 is 1.29 bits per heavy atom. The van der Waals surface area contributed by atoms with Gasteiger partial charge < -0.3 is 5.73 Å². The number of hydrogen-bond donors (Lipinski definition) is 1. The van der Waals surface area contributed by atoms with Gasteiger partial charge in [-0.3, -0.25) is 4.79 Å². The molecule has 72 valence electrons. The third-order valence-electron chi connectivity index (χ3n) is 1.39. The van der Waals surface area contributed by atoms with Crippen molar-refractivity contribution in [3.05, 3.63) is 42.9 Å². The quantitative estimate of drug-likeness (QED) is 0.660. The van der Waals surface area contributed by atoms with Gasteiger partial charge >= 0.3 is 0 Å². The zero-order valence-corrected chi connectivity index (χ0v) is 7.45. The van der Waals surface area contributed by atoms with Crippen LogP contribution < -0.4 is 5.73 Å². The summed E-state index contributed by atoms with van der Waals surface area (Å²) in [6.07, 6.45) is 5.59. The summed E-state index contributed by atoms with van der Waals surface area (Å²) in [5.41, 5.74) is 4.17. The molecule has 0 fully saturated rings. The van der Waals surface area contributed by atoms with Crippen LogP contribution in [0.25, 0.3) is 5.82 Å². The molecule has 0 bridgehead atoms. The van der Waals surface area contributed by atoms with E-state index in [2.05, 4.69) is 15.8 Å². The lowest BCUT2D eigenvalue weighted by Crippen LogP contribution is -1.95. The van der Waals surface area contributed by atoms with E-state index in [0.29, 0.717) is 0 Å². The van der Waals surface area contributed by atoms with Crippen molar-refractivity contribution in [1.29, 1.82) is 0 Å². The van der Waals surface area contributed by atoms with E-state index in [1.54, 1.807) is 17.1 Å². The highest BCUT2D eigenvalue weighted by Crippen LogP contribution is 1.98. The number of rotatable bonds is 1. The van der Waals surface area contributed by atoms with Crippen LogP contribution >= 0.6 is 0 Å². The molecular weight excluding hydrogens is 180 g/mol. The molecule has 2 N–H and O–H groups in total. The van der Waals surface area contributed by atoms with Crippen molar-refractivity contribution in [3.63, 3.8) is 0 Å². The second-order valence-corrected chi connectivity index (χ2v) is 2.27. The fourth-order valence-corrected chi connectivity index (χ4v) is 0.894. The molecule has 0 aliphatic heterocycles. The molecule has 0 aromatic carbocycles. The molecule has 0 aliphatic rings. The number of aromatic nitrogens is 3. The SMILES string of the molecule is NC=O.c1ccc(-n2cccn2)nc1. The average Bonchev–Trinajstić information content (AvgIpc) is 2.73. The van der Waals surface area contributed by atoms with E-state index in [-0.39, 0.29) is 6.41 Å². The first-order chi connectivity index (χ1) is 6.88. The molecule has 0 saturated heterocycles. The fraction of sp³-hybridized carbons (Fsp3) is 0. The van der Waals surface area contributed by atoms with Crippen LogP contribution in [0, 0.1) is 0 Å². The molecule has 2 heterocycles. The van der Waals surface area contributed by atoms with Gasteiger partial charge in [-0.25, -0.2) is 9.67 Å². The lowest BCUT2D eigenvalue weighted by Gasteiger charge is -1.96. The van der Waals surface area contributed by atoms with E-state index in [0.717, 1.165) is 5.82 Å². The molecule has 0 unspecified atom stereocenters. The van der Waals surface area contributed by atoms with Crippen molar-refractivity contribution in [2.24, 2.45) is 5.73 Å². The van der Waals surface area contributed by atoms with Crippen LogP contribution in [0.5, 0.6) is 0 Å². The van der Waals surface area contributed by atoms with E-state index < -0.39 is 0 Å². The summed E-state index contributed by atoms with van der Waals surface area (Å²) in [5, 5.41) is 4.04. The summed E-state index contributed by atoms with van der Waals surface area (Å²) in [7, 11) is 0. The van der Waals surface area contributed by atoms with E-state index >= 15 is 0 Å². The van der Waals surface area contributed by atoms with Crippen molar-refractivity contribution in [3.8, 4) is 5.82 Å². The molecule has 0 saturated carbocycles. The lowest BCUT2D eigenvalue weighted by molar-refractivity contribution is -0.106. The van der Waals surface area contributed by atoms with Gasteiger partial charge in [-0.15, -0.1) is 0 Å². The van der Waals surface area contributed by atoms with Crippen molar-refractivity contribution in [1.82, 2.24) is 14.8 Å². The minimum atomic E-state index is 0.250. The van der Waals surface area contributed by atoms with Gasteiger partial charge in [0.25, 0.3) is 0 Å². The molecule has 2 rings (SSSR count). The zero-order chi connectivity index (χ0) is 10.2. The molecule has 2 aromatic rings. The Hall–Kier alpha value is -2.17. The maximum Gasteiger partial charge on any atom is 0.204 e. The number of nitrogens with two attached hydrogens (primary N) is 1. The minimum absolute atomic E-state index is 0.250. The van der Waals surface area contributed by atoms with Gasteiger partial charge in [0.05, 0.1) is 0 Å². The summed E-state index contributed by atoms with van der Waals surface area (Å²) >= 11 is 0. The Bertz CT molecular complexity index is 358. The largest absolute Gasteiger partial charge is 0.372 e. The number of primary amides is 1. The highest BCUT2D eigenvalue weighted by Gasteiger charge is 1.92. The van der Waals surface area contributed by atoms with Crippen LogP contribution in [0.1, 0.15) is 0 Å². The molecular formula is C9H10N4O. The molecule has 0 atom stereocenters. The maximum atomic E-state index is 8.58. The topological polar surface area (TPSA) is 73.8 Å². The third kappa shape index (κ3) is 2.71. The number of hydrogen-bond acceptors (Lipinski definition) is 3. The normalized spacial score (nSPS) is 8.57. The smallest absolute Gasteiger partial charge is 0.204 e. The summed E-state index contributed by atoms with van der Waals surface area (Å²) in [4.78, 5) is 12.7. The van der Waals surface area contributed by atoms with Crippen LogP contribution in [0.15, 0.2) is 42.9 Å². The molecule has 5 nitrogen and oxygen atoms in total. The fourth-order valence-electron chi connectivity index (χ4n) is 0.894. The highest BCUT2D eigenvalue weighted by molar-refractivity contribution is 5.42. The number of pyridine rings is 1. The average molecular weight is 190 g/mol. The first kappa shape index (κ1) is 9.91. The van der Waals surface area contributed by atoms with Gasteiger partial charge in [0.2, 0.25) is 6.41 Å². The van der Waals surface area contributed by atoms with E-state index in [1.165, 1.54) is 0 Å². The predicted molar refractivity (Wildman–Crippen MR) is 51.6 cm³/mol. The monoisotopic (exact) mass is 190 g/mol. The second-order valence-electron chi connectivity index (χ2n) is 2.27. The van der Waals surface area contributed by atoms with Crippen molar-refractivity contribution >= 4 is 6.41 Å². The number of carbonyl (C=O) groups is 1. The van der Waals surface area contributed by atoms with Gasteiger partial charge in [0.1, 0.15) is 0 Å². The van der Waals surface area contributed by atoms with Crippen LogP contribution in [0.2, 0.25) is 0 Å². The summed E-state index contributed by atoms with van der Waals surface area (Å²) in [5.74, 6) is 0.845. The Labute approximate surface area is 81.2 Å². The van der Waals surface area contributed by atoms with E-state index in [9.17, 15) is 0 Å². The van der Waals surface area contributed by atoms with Crippen LogP contribution in [-0.2, 0) is 4.79 Å². The lowest BCUT2D eigenvalue weighted by atomic mass is 10.5. The minimum Gasteiger partial charge on any atom is -0.372 e. The van der Waals surface area contributed by atoms with Gasteiger partial charge in [0, 0.05) is 18.6 Å². The van der Waals surface area contributed by atoms with Crippen LogP contribution in [0.3, 0.4) is 0 Å². The molecule has 1 amide bonds. The Balaban J connectivity index is 0.000000293. The van der Waals surface area contributed by atoms with Crippen molar-refractivity contribution in [2.75, 3.05) is 0 Å². The Morgan fingerprint density at radius 2 is 2.07 bits per heavy atom. The maximum absolute atomic E-state index is 8.58. The number of carbonyl (C=O) groups excluding carboxylic acids is 1. The van der Waals surface area contributed by atoms with Gasteiger partial charge in [-0.2, -0.15) is 5.10 Å². The predicted octanol–water partition coefficient (Wildman–Crippen LogP) is 0.369. The second kappa shape index (κ2) is 5.47. The molecule has 0 spiro atoms. The van der Waals surface area contributed by atoms with E-state index in [1.807, 2.05) is 30.5 Å². The molecule has 0 aliphatic carbocycles. The number of amides is 1. The van der Waals surface area contributed by atoms with Crippen LogP contribution in [-0.4, -0.2) is 21.2 Å². The van der Waals surface area contributed by atoms with Crippen molar-refractivity contribution < 1.29 is 4.79 Å². The molecule has 14 heavy (non-hydrogen) atoms. The standard InChI is InChI=1S/C8H7N3.CH3NO/c1-2-5-9-8(4-1)11-7-3-6-10-11;2-1-3/h1-7H;1H,(H2,2,3). The Morgan fingerprint density at radius 3 is 2.57 bits per heavy atom. The number of nitrogens with zero attached hydrogens (tertiary/aromatic N) is 3. The first-order valence-electron chi connectivity index (χ1n) is 3.95.